The summed E-state index contributed by atoms with van der Waals surface area (Å²) in [5, 5.41) is 23.2. The quantitative estimate of drug-likeness (QED) is 0.410. The van der Waals surface area contributed by atoms with Gasteiger partial charge in [-0.05, 0) is 124 Å². The van der Waals surface area contributed by atoms with Gasteiger partial charge in [-0.1, -0.05) is 41.5 Å². The molecule has 0 aromatic carbocycles. The average molecular weight is 535 g/mol. The SMILES string of the molecule is CC.CC.CO.COCC1CCC2C3CCC4(C)C(CCC4[C@@](C)(O)Cn4cc(C)cn4)C3CCC2(C)C1. The van der Waals surface area contributed by atoms with Gasteiger partial charge in [0.2, 0.25) is 0 Å². The fourth-order valence-electron chi connectivity index (χ4n) is 9.81. The second kappa shape index (κ2) is 14.1. The van der Waals surface area contributed by atoms with Crippen LogP contribution in [0.15, 0.2) is 12.4 Å². The third-order valence-electron chi connectivity index (χ3n) is 11.0. The van der Waals surface area contributed by atoms with E-state index in [-0.39, 0.29) is 5.41 Å². The van der Waals surface area contributed by atoms with Crippen molar-refractivity contribution in [1.82, 2.24) is 9.78 Å². The van der Waals surface area contributed by atoms with Crippen molar-refractivity contribution < 1.29 is 14.9 Å². The highest BCUT2D eigenvalue weighted by atomic mass is 16.5. The van der Waals surface area contributed by atoms with Crippen LogP contribution in [-0.4, -0.2) is 46.4 Å². The summed E-state index contributed by atoms with van der Waals surface area (Å²) in [6, 6.07) is 0. The number of methoxy groups -OCH3 is 1. The van der Waals surface area contributed by atoms with Crippen molar-refractivity contribution in [1.29, 1.82) is 0 Å². The fraction of sp³-hybridized carbons (Fsp3) is 0.909. The average Bonchev–Trinajstić information content (AvgIpc) is 3.49. The maximum atomic E-state index is 11.7. The zero-order valence-corrected chi connectivity index (χ0v) is 26.6. The van der Waals surface area contributed by atoms with Gasteiger partial charge in [0.1, 0.15) is 0 Å². The summed E-state index contributed by atoms with van der Waals surface area (Å²) in [4.78, 5) is 0. The molecule has 4 aliphatic rings. The molecule has 222 valence electrons. The summed E-state index contributed by atoms with van der Waals surface area (Å²) in [5.41, 5.74) is 1.27. The van der Waals surface area contributed by atoms with Gasteiger partial charge in [0.05, 0.1) is 18.3 Å². The minimum atomic E-state index is -0.698. The van der Waals surface area contributed by atoms with Crippen molar-refractivity contribution in [2.24, 2.45) is 46.3 Å². The molecule has 5 rings (SSSR count). The molecule has 4 saturated carbocycles. The molecule has 2 N–H and O–H groups in total. The minimum absolute atomic E-state index is 0.272. The molecule has 5 nitrogen and oxygen atoms in total. The van der Waals surface area contributed by atoms with E-state index in [0.29, 0.717) is 17.9 Å². The Morgan fingerprint density at radius 2 is 1.58 bits per heavy atom. The first kappa shape index (κ1) is 33.3. The van der Waals surface area contributed by atoms with E-state index < -0.39 is 5.60 Å². The number of aliphatic hydroxyl groups is 2. The van der Waals surface area contributed by atoms with E-state index in [1.807, 2.05) is 45.7 Å². The van der Waals surface area contributed by atoms with Crippen molar-refractivity contribution >= 4 is 0 Å². The largest absolute Gasteiger partial charge is 0.400 e. The highest BCUT2D eigenvalue weighted by molar-refractivity contribution is 5.11. The van der Waals surface area contributed by atoms with Crippen molar-refractivity contribution in [2.75, 3.05) is 20.8 Å². The summed E-state index contributed by atoms with van der Waals surface area (Å²) in [6.07, 6.45) is 16.1. The third kappa shape index (κ3) is 6.52. The van der Waals surface area contributed by atoms with Gasteiger partial charge in [-0.25, -0.2) is 0 Å². The molecule has 4 fully saturated rings. The lowest BCUT2D eigenvalue weighted by atomic mass is 9.45. The molecule has 0 aliphatic heterocycles. The first-order chi connectivity index (χ1) is 18.2. The van der Waals surface area contributed by atoms with Crippen LogP contribution in [0.4, 0.5) is 0 Å². The second-order valence-corrected chi connectivity index (χ2v) is 13.1. The van der Waals surface area contributed by atoms with Crippen LogP contribution in [0.1, 0.15) is 112 Å². The molecule has 0 spiro atoms. The lowest BCUT2D eigenvalue weighted by Gasteiger charge is -2.60. The highest BCUT2D eigenvalue weighted by Crippen LogP contribution is 2.68. The molecule has 1 heterocycles. The molecule has 4 aliphatic carbocycles. The maximum absolute atomic E-state index is 11.7. The number of hydrogen-bond donors (Lipinski definition) is 2. The van der Waals surface area contributed by atoms with E-state index in [9.17, 15) is 5.11 Å². The normalized spacial score (nSPS) is 38.8. The Kier molecular flexibility index (Phi) is 12.4. The smallest absolute Gasteiger partial charge is 0.0848 e. The molecule has 0 radical (unpaired) electrons. The molecule has 1 aromatic rings. The topological polar surface area (TPSA) is 67.5 Å². The zero-order chi connectivity index (χ0) is 28.7. The molecule has 9 atom stereocenters. The van der Waals surface area contributed by atoms with Gasteiger partial charge in [0.25, 0.3) is 0 Å². The lowest BCUT2D eigenvalue weighted by molar-refractivity contribution is -0.133. The predicted molar refractivity (Wildman–Crippen MR) is 159 cm³/mol. The van der Waals surface area contributed by atoms with Gasteiger partial charge in [-0.3, -0.25) is 4.68 Å². The fourth-order valence-corrected chi connectivity index (χ4v) is 9.81. The van der Waals surface area contributed by atoms with Gasteiger partial charge < -0.3 is 14.9 Å². The number of nitrogens with zero attached hydrogens (tertiary/aromatic N) is 2. The van der Waals surface area contributed by atoms with E-state index in [2.05, 4.69) is 39.0 Å². The van der Waals surface area contributed by atoms with Gasteiger partial charge >= 0.3 is 0 Å². The molecule has 5 heteroatoms. The predicted octanol–water partition coefficient (Wildman–Crippen LogP) is 7.52. The summed E-state index contributed by atoms with van der Waals surface area (Å²) < 4.78 is 7.50. The molecule has 0 amide bonds. The third-order valence-corrected chi connectivity index (χ3v) is 11.0. The Bertz CT molecular complexity index is 823. The monoisotopic (exact) mass is 534 g/mol. The van der Waals surface area contributed by atoms with Gasteiger partial charge in [-0.15, -0.1) is 0 Å². The number of aliphatic hydroxyl groups excluding tert-OH is 1. The van der Waals surface area contributed by atoms with Gasteiger partial charge in [0.15, 0.2) is 0 Å². The molecule has 0 bridgehead atoms. The van der Waals surface area contributed by atoms with E-state index in [1.54, 1.807) is 0 Å². The van der Waals surface area contributed by atoms with Crippen LogP contribution in [0.25, 0.3) is 0 Å². The van der Waals surface area contributed by atoms with Crippen LogP contribution in [0.2, 0.25) is 0 Å². The summed E-state index contributed by atoms with van der Waals surface area (Å²) in [6.45, 7) is 18.9. The molecule has 38 heavy (non-hydrogen) atoms. The minimum Gasteiger partial charge on any atom is -0.400 e. The van der Waals surface area contributed by atoms with Crippen LogP contribution in [0, 0.1) is 53.3 Å². The van der Waals surface area contributed by atoms with Crippen LogP contribution >= 0.6 is 0 Å². The Balaban J connectivity index is 0.000000791. The molecular weight excluding hydrogens is 472 g/mol. The van der Waals surface area contributed by atoms with E-state index in [4.69, 9.17) is 9.84 Å². The summed E-state index contributed by atoms with van der Waals surface area (Å²) >= 11 is 0. The Labute approximate surface area is 235 Å². The van der Waals surface area contributed by atoms with Crippen LogP contribution in [0.5, 0.6) is 0 Å². The zero-order valence-electron chi connectivity index (χ0n) is 26.6. The molecule has 1 aromatic heterocycles. The number of hydrogen-bond acceptors (Lipinski definition) is 4. The number of fused-ring (bicyclic) bond motifs is 5. The summed E-state index contributed by atoms with van der Waals surface area (Å²) in [7, 11) is 2.87. The number of aromatic nitrogens is 2. The number of ether oxygens (including phenoxy) is 1. The number of aryl methyl sites for hydroxylation is 1. The molecular formula is C33H62N2O3. The Morgan fingerprint density at radius 1 is 0.974 bits per heavy atom. The molecule has 0 saturated heterocycles. The van der Waals surface area contributed by atoms with Crippen LogP contribution in [-0.2, 0) is 11.3 Å². The highest BCUT2D eigenvalue weighted by Gasteiger charge is 2.61. The lowest BCUT2D eigenvalue weighted by Crippen LogP contribution is -2.54. The van der Waals surface area contributed by atoms with Crippen molar-refractivity contribution in [3.8, 4) is 0 Å². The van der Waals surface area contributed by atoms with Crippen LogP contribution in [0.3, 0.4) is 0 Å². The first-order valence-electron chi connectivity index (χ1n) is 15.8. The first-order valence-corrected chi connectivity index (χ1v) is 15.8. The standard InChI is InChI=1S/C28H46N2O2.2C2H6.CH4O/c1-19-15-29-30(16-19)18-28(4,31)25-9-8-24-22-10-12-26(2)14-20(17-32-5)6-7-23(26)21(22)11-13-27(24,25)3;3*1-2/h15-16,20-25,31H,6-14,17-18H2,1-5H3;2*1-2H3;2H,1H3/t20?,21?,22?,23?,24?,25?,26?,27?,28-;;;/m0.../s1. The summed E-state index contributed by atoms with van der Waals surface area (Å²) in [5.74, 6) is 4.62. The van der Waals surface area contributed by atoms with Crippen LogP contribution < -0.4 is 0 Å². The second-order valence-electron chi connectivity index (χ2n) is 13.1. The maximum Gasteiger partial charge on any atom is 0.0848 e. The number of rotatable bonds is 5. The Morgan fingerprint density at radius 3 is 2.18 bits per heavy atom. The van der Waals surface area contributed by atoms with E-state index in [0.717, 1.165) is 43.3 Å². The van der Waals surface area contributed by atoms with Gasteiger partial charge in [-0.2, -0.15) is 5.10 Å². The van der Waals surface area contributed by atoms with E-state index in [1.165, 1.54) is 63.4 Å². The van der Waals surface area contributed by atoms with E-state index >= 15 is 0 Å². The van der Waals surface area contributed by atoms with Gasteiger partial charge in [0, 0.05) is 27.0 Å². The van der Waals surface area contributed by atoms with Crippen molar-refractivity contribution in [2.45, 2.75) is 125 Å². The Hall–Kier alpha value is -0.910. The molecule has 8 unspecified atom stereocenters. The van der Waals surface area contributed by atoms with Crippen molar-refractivity contribution in [3.05, 3.63) is 18.0 Å². The van der Waals surface area contributed by atoms with Crippen molar-refractivity contribution in [3.63, 3.8) is 0 Å².